The van der Waals surface area contributed by atoms with E-state index < -0.39 is 97.5 Å². The van der Waals surface area contributed by atoms with Crippen molar-refractivity contribution in [2.75, 3.05) is 39.6 Å². The van der Waals surface area contributed by atoms with Crippen molar-refractivity contribution in [3.8, 4) is 0 Å². The molecule has 0 spiro atoms. The molecule has 95 heavy (non-hydrogen) atoms. The highest BCUT2D eigenvalue weighted by Crippen LogP contribution is 2.45. The lowest BCUT2D eigenvalue weighted by Crippen LogP contribution is -2.30. The Balaban J connectivity index is 5.18. The van der Waals surface area contributed by atoms with Gasteiger partial charge in [0, 0.05) is 25.7 Å². The summed E-state index contributed by atoms with van der Waals surface area (Å²) in [5.41, 5.74) is 0. The second-order valence-corrected chi connectivity index (χ2v) is 30.8. The van der Waals surface area contributed by atoms with Gasteiger partial charge in [0.05, 0.1) is 26.4 Å². The number of ether oxygens (including phenoxy) is 4. The van der Waals surface area contributed by atoms with Crippen molar-refractivity contribution in [3.05, 3.63) is 0 Å². The first kappa shape index (κ1) is 93.1. The van der Waals surface area contributed by atoms with Gasteiger partial charge < -0.3 is 33.8 Å². The van der Waals surface area contributed by atoms with Crippen LogP contribution in [0.15, 0.2) is 0 Å². The summed E-state index contributed by atoms with van der Waals surface area (Å²) in [7, 11) is -9.90. The maximum absolute atomic E-state index is 13.1. The van der Waals surface area contributed by atoms with E-state index in [2.05, 4.69) is 34.6 Å². The van der Waals surface area contributed by atoms with E-state index in [1.165, 1.54) is 225 Å². The van der Waals surface area contributed by atoms with Gasteiger partial charge in [0.1, 0.15) is 19.3 Å². The van der Waals surface area contributed by atoms with E-state index in [-0.39, 0.29) is 25.7 Å². The molecule has 0 bridgehead atoms. The van der Waals surface area contributed by atoms with Crippen molar-refractivity contribution in [3.63, 3.8) is 0 Å². The number of hydrogen-bond acceptors (Lipinski definition) is 15. The van der Waals surface area contributed by atoms with Gasteiger partial charge in [-0.25, -0.2) is 9.13 Å². The normalized spacial score (nSPS) is 13.9. The molecule has 2 unspecified atom stereocenters. The molecule has 0 aliphatic heterocycles. The third-order valence-corrected chi connectivity index (χ3v) is 19.7. The molecule has 564 valence electrons. The summed E-state index contributed by atoms with van der Waals surface area (Å²) in [6.45, 7) is 7.18. The lowest BCUT2D eigenvalue weighted by atomic mass is 10.0. The molecule has 3 N–H and O–H groups in total. The molecule has 0 aromatic carbocycles. The fourth-order valence-electron chi connectivity index (χ4n) is 11.7. The van der Waals surface area contributed by atoms with E-state index in [4.69, 9.17) is 37.0 Å². The fraction of sp³-hybridized carbons (Fsp3) is 0.947. The van der Waals surface area contributed by atoms with Crippen LogP contribution in [0.4, 0.5) is 0 Å². The van der Waals surface area contributed by atoms with Crippen molar-refractivity contribution >= 4 is 39.5 Å². The Morgan fingerprint density at radius 2 is 0.484 bits per heavy atom. The Kier molecular flexibility index (Phi) is 67.7. The summed E-state index contributed by atoms with van der Waals surface area (Å²) >= 11 is 0. The molecule has 0 amide bonds. The molecule has 0 radical (unpaired) electrons. The van der Waals surface area contributed by atoms with Gasteiger partial charge in [0.15, 0.2) is 12.2 Å². The predicted molar refractivity (Wildman–Crippen MR) is 386 cm³/mol. The monoisotopic (exact) mass is 1400 g/mol. The summed E-state index contributed by atoms with van der Waals surface area (Å²) in [5.74, 6) is -1.45. The highest BCUT2D eigenvalue weighted by molar-refractivity contribution is 7.47. The Bertz CT molecular complexity index is 1820. The molecular weight excluding hydrogens is 1250 g/mol. The Hall–Kier alpha value is -1.94. The minimum atomic E-state index is -4.96. The van der Waals surface area contributed by atoms with Crippen LogP contribution in [0.1, 0.15) is 401 Å². The zero-order valence-corrected chi connectivity index (χ0v) is 63.6. The lowest BCUT2D eigenvalue weighted by molar-refractivity contribution is -0.161. The van der Waals surface area contributed by atoms with E-state index >= 15 is 0 Å². The number of aliphatic hydroxyl groups excluding tert-OH is 1. The maximum Gasteiger partial charge on any atom is 0.472 e. The fourth-order valence-corrected chi connectivity index (χ4v) is 13.3. The van der Waals surface area contributed by atoms with E-state index in [9.17, 15) is 43.2 Å². The smallest absolute Gasteiger partial charge is 0.462 e. The molecule has 0 saturated carbocycles. The van der Waals surface area contributed by atoms with Crippen LogP contribution in [0.25, 0.3) is 0 Å². The van der Waals surface area contributed by atoms with E-state index in [1.807, 2.05) is 0 Å². The second kappa shape index (κ2) is 69.2. The summed E-state index contributed by atoms with van der Waals surface area (Å²) in [6.07, 6.45) is 58.6. The number of carbonyl (C=O) groups excluding carboxylic acids is 4. The molecule has 0 aliphatic carbocycles. The van der Waals surface area contributed by atoms with Crippen LogP contribution < -0.4 is 0 Å². The van der Waals surface area contributed by atoms with Crippen molar-refractivity contribution in [1.82, 2.24) is 0 Å². The summed E-state index contributed by atoms with van der Waals surface area (Å²) < 4.78 is 68.4. The van der Waals surface area contributed by atoms with Gasteiger partial charge >= 0.3 is 39.5 Å². The number of aliphatic hydroxyl groups is 1. The van der Waals surface area contributed by atoms with Gasteiger partial charge in [0.25, 0.3) is 0 Å². The molecule has 5 atom stereocenters. The SMILES string of the molecule is CCCCCCCCCCCCCCCCCCCCCC(=O)O[C@H](COC(=O)CCCCCCCCCCCCCCCCCCCC)COP(=O)(O)OC[C@@H](O)COP(=O)(O)OC[C@@H](COC(=O)CCCCCCCCCCC)OC(=O)CCCCCCCCC(C)C. The summed E-state index contributed by atoms with van der Waals surface area (Å²) in [5, 5.41) is 10.6. The van der Waals surface area contributed by atoms with Crippen molar-refractivity contribution in [2.24, 2.45) is 5.92 Å². The van der Waals surface area contributed by atoms with Crippen LogP contribution in [0.2, 0.25) is 0 Å². The first-order chi connectivity index (χ1) is 46.0. The number of unbranched alkanes of at least 4 members (excludes halogenated alkanes) is 48. The zero-order valence-electron chi connectivity index (χ0n) is 61.8. The largest absolute Gasteiger partial charge is 0.472 e. The third kappa shape index (κ3) is 70.3. The van der Waals surface area contributed by atoms with Gasteiger partial charge in [-0.1, -0.05) is 349 Å². The number of phosphoric ester groups is 2. The molecule has 0 aromatic heterocycles. The first-order valence-electron chi connectivity index (χ1n) is 39.6. The average Bonchev–Trinajstić information content (AvgIpc) is 1.48. The average molecular weight is 1400 g/mol. The van der Waals surface area contributed by atoms with E-state index in [0.717, 1.165) is 89.9 Å². The van der Waals surface area contributed by atoms with Gasteiger partial charge in [-0.05, 0) is 31.6 Å². The van der Waals surface area contributed by atoms with Crippen LogP contribution in [0.3, 0.4) is 0 Å². The number of esters is 4. The minimum Gasteiger partial charge on any atom is -0.462 e. The number of phosphoric acid groups is 2. The van der Waals surface area contributed by atoms with Gasteiger partial charge in [-0.2, -0.15) is 0 Å². The van der Waals surface area contributed by atoms with Crippen LogP contribution >= 0.6 is 15.6 Å². The molecule has 0 aromatic rings. The molecule has 0 fully saturated rings. The van der Waals surface area contributed by atoms with Crippen LogP contribution in [0, 0.1) is 5.92 Å². The Morgan fingerprint density at radius 1 is 0.284 bits per heavy atom. The van der Waals surface area contributed by atoms with Gasteiger partial charge in [-0.15, -0.1) is 0 Å². The Morgan fingerprint density at radius 3 is 0.716 bits per heavy atom. The molecule has 0 aliphatic rings. The number of rotatable bonds is 76. The lowest BCUT2D eigenvalue weighted by Gasteiger charge is -2.21. The zero-order chi connectivity index (χ0) is 69.8. The molecule has 0 saturated heterocycles. The second-order valence-electron chi connectivity index (χ2n) is 27.9. The van der Waals surface area contributed by atoms with Crippen molar-refractivity contribution in [2.45, 2.75) is 419 Å². The molecule has 19 heteroatoms. The Labute approximate surface area is 581 Å². The highest BCUT2D eigenvalue weighted by atomic mass is 31.2. The van der Waals surface area contributed by atoms with E-state index in [0.29, 0.717) is 31.6 Å². The van der Waals surface area contributed by atoms with Crippen LogP contribution in [-0.2, 0) is 65.4 Å². The number of carbonyl (C=O) groups is 4. The third-order valence-electron chi connectivity index (χ3n) is 17.8. The predicted octanol–water partition coefficient (Wildman–Crippen LogP) is 22.5. The van der Waals surface area contributed by atoms with E-state index in [1.54, 1.807) is 0 Å². The van der Waals surface area contributed by atoms with Gasteiger partial charge in [-0.3, -0.25) is 37.3 Å². The summed E-state index contributed by atoms with van der Waals surface area (Å²) in [4.78, 5) is 72.7. The number of hydrogen-bond donors (Lipinski definition) is 3. The topological polar surface area (TPSA) is 237 Å². The molecule has 17 nitrogen and oxygen atoms in total. The molecular formula is C76H148O17P2. The van der Waals surface area contributed by atoms with Crippen molar-refractivity contribution in [1.29, 1.82) is 0 Å². The van der Waals surface area contributed by atoms with Crippen LogP contribution in [0.5, 0.6) is 0 Å². The van der Waals surface area contributed by atoms with Crippen LogP contribution in [-0.4, -0.2) is 96.7 Å². The molecule has 0 heterocycles. The first-order valence-corrected chi connectivity index (χ1v) is 42.6. The van der Waals surface area contributed by atoms with Crippen molar-refractivity contribution < 1.29 is 80.2 Å². The van der Waals surface area contributed by atoms with Gasteiger partial charge in [0.2, 0.25) is 0 Å². The quantitative estimate of drug-likeness (QED) is 0.0222. The highest BCUT2D eigenvalue weighted by Gasteiger charge is 2.30. The molecule has 0 rings (SSSR count). The summed E-state index contributed by atoms with van der Waals surface area (Å²) in [6, 6.07) is 0. The minimum absolute atomic E-state index is 0.103. The maximum atomic E-state index is 13.1. The standard InChI is InChI=1S/C76H148O17P2/c1-6-9-12-15-18-21-23-25-27-29-31-33-35-37-39-42-45-51-56-61-75(80)92-71(65-87-74(79)60-55-50-44-41-38-36-34-32-30-28-26-24-22-19-16-13-10-7-2)67-90-94(82,83)88-63-70(77)64-89-95(84,85)91-68-72(93-76(81)62-57-52-47-46-48-53-58-69(4)5)66-86-73(78)59-54-49-43-40-20-17-14-11-8-3/h69-72,77H,6-68H2,1-5H3,(H,82,83)(H,84,85)/t70-,71-,72-/m1/s1.